The number of amides is 1. The molecule has 136 valence electrons. The third-order valence-electron chi connectivity index (χ3n) is 6.39. The van der Waals surface area contributed by atoms with Gasteiger partial charge in [0.1, 0.15) is 5.82 Å². The van der Waals surface area contributed by atoms with Gasteiger partial charge in [-0.15, -0.1) is 0 Å². The van der Waals surface area contributed by atoms with E-state index in [4.69, 9.17) is 0 Å². The molecule has 1 fully saturated rings. The van der Waals surface area contributed by atoms with Crippen molar-refractivity contribution in [3.8, 4) is 11.3 Å². The van der Waals surface area contributed by atoms with E-state index in [2.05, 4.69) is 29.4 Å². The number of halogens is 1. The number of aromatic nitrogens is 2. The van der Waals surface area contributed by atoms with Crippen LogP contribution in [0, 0.1) is 17.2 Å². The Hall–Kier alpha value is -2.30. The normalized spacial score (nSPS) is 25.4. The van der Waals surface area contributed by atoms with Gasteiger partial charge in [-0.05, 0) is 42.5 Å². The summed E-state index contributed by atoms with van der Waals surface area (Å²) in [7, 11) is 0. The standard InChI is InChI=1S/C21H24FN3O/c1-12(2)19(26)23-21-10-9-15(20(21,3)4)14-11-17(24-25-18(14)21)13-7-5-6-8-16(13)22/h5-8,11-12,15H,9-10H2,1-4H3,(H,23,26)/t15-,21-/m0/s1. The monoisotopic (exact) mass is 353 g/mol. The fraction of sp³-hybridized carbons (Fsp3) is 0.476. The Morgan fingerprint density at radius 2 is 2.00 bits per heavy atom. The average molecular weight is 353 g/mol. The van der Waals surface area contributed by atoms with Gasteiger partial charge in [-0.3, -0.25) is 4.79 Å². The fourth-order valence-electron chi connectivity index (χ4n) is 4.75. The summed E-state index contributed by atoms with van der Waals surface area (Å²) in [4.78, 5) is 12.5. The van der Waals surface area contributed by atoms with Crippen LogP contribution in [0.3, 0.4) is 0 Å². The molecule has 2 aliphatic carbocycles. The van der Waals surface area contributed by atoms with E-state index in [1.807, 2.05) is 19.9 Å². The van der Waals surface area contributed by atoms with Crippen molar-refractivity contribution in [1.82, 2.24) is 15.5 Å². The van der Waals surface area contributed by atoms with E-state index in [9.17, 15) is 9.18 Å². The molecule has 2 aliphatic rings. The Morgan fingerprint density at radius 1 is 1.27 bits per heavy atom. The predicted molar refractivity (Wildman–Crippen MR) is 97.8 cm³/mol. The number of hydrogen-bond acceptors (Lipinski definition) is 3. The lowest BCUT2D eigenvalue weighted by atomic mass is 9.74. The van der Waals surface area contributed by atoms with Crippen LogP contribution < -0.4 is 5.32 Å². The molecule has 1 saturated carbocycles. The zero-order valence-electron chi connectivity index (χ0n) is 15.6. The number of hydrogen-bond donors (Lipinski definition) is 1. The molecule has 4 nitrogen and oxygen atoms in total. The minimum absolute atomic E-state index is 0.0338. The number of carbonyl (C=O) groups excluding carboxylic acids is 1. The first kappa shape index (κ1) is 17.1. The molecule has 2 atom stereocenters. The molecule has 0 spiro atoms. The Balaban J connectivity index is 1.83. The van der Waals surface area contributed by atoms with E-state index in [0.717, 1.165) is 24.1 Å². The highest BCUT2D eigenvalue weighted by molar-refractivity contribution is 5.79. The summed E-state index contributed by atoms with van der Waals surface area (Å²) in [6.45, 7) is 8.17. The second-order valence-corrected chi connectivity index (χ2v) is 8.38. The molecule has 5 heteroatoms. The summed E-state index contributed by atoms with van der Waals surface area (Å²) in [5.41, 5.74) is 2.32. The molecule has 1 aromatic heterocycles. The average Bonchev–Trinajstić information content (AvgIpc) is 2.95. The molecule has 2 aromatic rings. The van der Waals surface area contributed by atoms with Crippen molar-refractivity contribution in [3.05, 3.63) is 47.4 Å². The van der Waals surface area contributed by atoms with E-state index < -0.39 is 5.54 Å². The minimum Gasteiger partial charge on any atom is -0.344 e. The molecule has 0 aliphatic heterocycles. The van der Waals surface area contributed by atoms with Gasteiger partial charge < -0.3 is 5.32 Å². The van der Waals surface area contributed by atoms with Crippen molar-refractivity contribution in [2.75, 3.05) is 0 Å². The lowest BCUT2D eigenvalue weighted by molar-refractivity contribution is -0.127. The molecule has 0 unspecified atom stereocenters. The van der Waals surface area contributed by atoms with Gasteiger partial charge >= 0.3 is 0 Å². The fourth-order valence-corrected chi connectivity index (χ4v) is 4.75. The highest BCUT2D eigenvalue weighted by atomic mass is 19.1. The minimum atomic E-state index is -0.491. The van der Waals surface area contributed by atoms with Crippen molar-refractivity contribution in [2.45, 2.75) is 52.0 Å². The number of rotatable bonds is 3. The molecule has 0 radical (unpaired) electrons. The first-order valence-corrected chi connectivity index (χ1v) is 9.23. The van der Waals surface area contributed by atoms with Crippen molar-refractivity contribution < 1.29 is 9.18 Å². The van der Waals surface area contributed by atoms with Crippen molar-refractivity contribution in [1.29, 1.82) is 0 Å². The van der Waals surface area contributed by atoms with Crippen molar-refractivity contribution in [3.63, 3.8) is 0 Å². The molecule has 4 rings (SSSR count). The summed E-state index contributed by atoms with van der Waals surface area (Å²) in [5, 5.41) is 12.1. The second kappa shape index (κ2) is 5.60. The quantitative estimate of drug-likeness (QED) is 0.901. The topological polar surface area (TPSA) is 54.9 Å². The molecular formula is C21H24FN3O. The van der Waals surface area contributed by atoms with Crippen LogP contribution in [-0.2, 0) is 10.3 Å². The van der Waals surface area contributed by atoms with E-state index in [1.165, 1.54) is 6.07 Å². The maximum absolute atomic E-state index is 14.2. The zero-order chi connectivity index (χ0) is 18.7. The third-order valence-corrected chi connectivity index (χ3v) is 6.39. The van der Waals surface area contributed by atoms with Crippen LogP contribution in [0.15, 0.2) is 30.3 Å². The van der Waals surface area contributed by atoms with Gasteiger partial charge in [-0.2, -0.15) is 10.2 Å². The zero-order valence-corrected chi connectivity index (χ0v) is 15.6. The summed E-state index contributed by atoms with van der Waals surface area (Å²) < 4.78 is 14.2. The molecule has 1 aromatic carbocycles. The molecule has 2 bridgehead atoms. The van der Waals surface area contributed by atoms with Crippen LogP contribution in [0.4, 0.5) is 4.39 Å². The van der Waals surface area contributed by atoms with Crippen molar-refractivity contribution >= 4 is 5.91 Å². The Kier molecular flexibility index (Phi) is 3.69. The summed E-state index contributed by atoms with van der Waals surface area (Å²) in [5.74, 6) is -0.0709. The van der Waals surface area contributed by atoms with E-state index in [1.54, 1.807) is 18.2 Å². The van der Waals surface area contributed by atoms with Crippen LogP contribution in [0.25, 0.3) is 11.3 Å². The van der Waals surface area contributed by atoms with Gasteiger partial charge in [-0.1, -0.05) is 39.8 Å². The van der Waals surface area contributed by atoms with Gasteiger partial charge in [0.15, 0.2) is 0 Å². The molecule has 1 heterocycles. The van der Waals surface area contributed by atoms with Gasteiger partial charge in [0, 0.05) is 16.9 Å². The largest absolute Gasteiger partial charge is 0.344 e. The Morgan fingerprint density at radius 3 is 2.69 bits per heavy atom. The maximum Gasteiger partial charge on any atom is 0.223 e. The number of benzene rings is 1. The first-order chi connectivity index (χ1) is 12.3. The van der Waals surface area contributed by atoms with Gasteiger partial charge in [0.2, 0.25) is 5.91 Å². The number of carbonyl (C=O) groups is 1. The van der Waals surface area contributed by atoms with Crippen LogP contribution in [0.1, 0.15) is 57.7 Å². The Labute approximate surface area is 153 Å². The number of nitrogens with zero attached hydrogens (tertiary/aromatic N) is 2. The van der Waals surface area contributed by atoms with Crippen LogP contribution >= 0.6 is 0 Å². The summed E-state index contributed by atoms with van der Waals surface area (Å²) in [6, 6.07) is 8.59. The van der Waals surface area contributed by atoms with Crippen LogP contribution in [0.5, 0.6) is 0 Å². The van der Waals surface area contributed by atoms with Crippen LogP contribution in [0.2, 0.25) is 0 Å². The summed E-state index contributed by atoms with van der Waals surface area (Å²) >= 11 is 0. The van der Waals surface area contributed by atoms with Gasteiger partial charge in [-0.25, -0.2) is 4.39 Å². The molecule has 0 saturated heterocycles. The van der Waals surface area contributed by atoms with E-state index in [-0.39, 0.29) is 29.0 Å². The predicted octanol–water partition coefficient (Wildman–Crippen LogP) is 4.17. The first-order valence-electron chi connectivity index (χ1n) is 9.23. The molecule has 1 amide bonds. The Bertz CT molecular complexity index is 893. The maximum atomic E-state index is 14.2. The van der Waals surface area contributed by atoms with Gasteiger partial charge in [0.05, 0.1) is 16.9 Å². The SMILES string of the molecule is CC(C)C(=O)N[C@@]12CC[C@@H](c3cc(-c4ccccc4F)nnc31)C2(C)C. The molecule has 1 N–H and O–H groups in total. The second-order valence-electron chi connectivity index (χ2n) is 8.38. The van der Waals surface area contributed by atoms with E-state index in [0.29, 0.717) is 11.3 Å². The summed E-state index contributed by atoms with van der Waals surface area (Å²) in [6.07, 6.45) is 1.85. The number of fused-ring (bicyclic) bond motifs is 5. The number of nitrogens with one attached hydrogen (secondary N) is 1. The third kappa shape index (κ3) is 2.15. The van der Waals surface area contributed by atoms with Gasteiger partial charge in [0.25, 0.3) is 0 Å². The highest BCUT2D eigenvalue weighted by Crippen LogP contribution is 2.66. The smallest absolute Gasteiger partial charge is 0.223 e. The highest BCUT2D eigenvalue weighted by Gasteiger charge is 2.64. The molecular weight excluding hydrogens is 329 g/mol. The van der Waals surface area contributed by atoms with Crippen LogP contribution in [-0.4, -0.2) is 16.1 Å². The van der Waals surface area contributed by atoms with Crippen molar-refractivity contribution in [2.24, 2.45) is 11.3 Å². The lowest BCUT2D eigenvalue weighted by Crippen LogP contribution is -2.52. The molecule has 26 heavy (non-hydrogen) atoms. The van der Waals surface area contributed by atoms with E-state index >= 15 is 0 Å². The lowest BCUT2D eigenvalue weighted by Gasteiger charge is -2.39.